The molecule has 1 aromatic carbocycles. The summed E-state index contributed by atoms with van der Waals surface area (Å²) in [5, 5.41) is 3.25. The predicted octanol–water partition coefficient (Wildman–Crippen LogP) is 3.92. The van der Waals surface area contributed by atoms with Crippen LogP contribution < -0.4 is 5.32 Å². The van der Waals surface area contributed by atoms with E-state index in [0.29, 0.717) is 10.7 Å². The van der Waals surface area contributed by atoms with Crippen molar-refractivity contribution in [3.63, 3.8) is 0 Å². The van der Waals surface area contributed by atoms with Crippen LogP contribution in [0.1, 0.15) is 19.3 Å². The van der Waals surface area contributed by atoms with E-state index in [1.807, 2.05) is 0 Å². The summed E-state index contributed by atoms with van der Waals surface area (Å²) in [5.74, 6) is -0.618. The number of rotatable bonds is 3. The lowest BCUT2D eigenvalue weighted by Crippen LogP contribution is -2.24. The molecule has 1 atom stereocenters. The standard InChI is InChI=1S/C15H13ClFN3O2S/c16-10-6-8(4-5-11(10)17)18-13(21)7-23-14-9-2-1-3-12(9)19-15(22)20-14/h4-6,9H,1-3,7H2,(H,18,21). The topological polar surface area (TPSA) is 70.9 Å². The number of aliphatic imine (C=N–C) groups is 2. The Bertz CT molecular complexity index is 735. The van der Waals surface area contributed by atoms with Gasteiger partial charge in [-0.15, -0.1) is 0 Å². The Morgan fingerprint density at radius 2 is 2.26 bits per heavy atom. The molecule has 8 heteroatoms. The first-order valence-electron chi connectivity index (χ1n) is 7.10. The zero-order chi connectivity index (χ0) is 16.4. The highest BCUT2D eigenvalue weighted by Crippen LogP contribution is 2.31. The van der Waals surface area contributed by atoms with E-state index in [0.717, 1.165) is 25.0 Å². The zero-order valence-corrected chi connectivity index (χ0v) is 13.6. The molecule has 1 saturated carbocycles. The minimum Gasteiger partial charge on any atom is -0.325 e. The molecular weight excluding hydrogens is 341 g/mol. The molecule has 120 valence electrons. The van der Waals surface area contributed by atoms with Crippen molar-refractivity contribution in [1.82, 2.24) is 0 Å². The number of carbonyl (C=O) groups excluding carboxylic acids is 2. The number of nitrogens with one attached hydrogen (secondary N) is 1. The summed E-state index contributed by atoms with van der Waals surface area (Å²) in [4.78, 5) is 31.3. The van der Waals surface area contributed by atoms with Gasteiger partial charge < -0.3 is 5.32 Å². The number of hydrogen-bond acceptors (Lipinski definition) is 3. The molecule has 1 unspecified atom stereocenters. The van der Waals surface area contributed by atoms with Crippen LogP contribution in [0.4, 0.5) is 14.9 Å². The summed E-state index contributed by atoms with van der Waals surface area (Å²) >= 11 is 6.91. The van der Waals surface area contributed by atoms with Gasteiger partial charge in [-0.3, -0.25) is 4.79 Å². The number of hydrogen-bond donors (Lipinski definition) is 1. The first-order valence-corrected chi connectivity index (χ1v) is 8.47. The molecule has 0 radical (unpaired) electrons. The molecule has 2 aliphatic rings. The maximum absolute atomic E-state index is 13.1. The number of amides is 3. The van der Waals surface area contributed by atoms with Crippen LogP contribution in [-0.2, 0) is 4.79 Å². The lowest BCUT2D eigenvalue weighted by atomic mass is 10.1. The van der Waals surface area contributed by atoms with Gasteiger partial charge in [0, 0.05) is 17.3 Å². The first kappa shape index (κ1) is 16.1. The molecule has 1 aromatic rings. The number of nitrogens with zero attached hydrogens (tertiary/aromatic N) is 2. The van der Waals surface area contributed by atoms with Gasteiger partial charge in [-0.05, 0) is 37.5 Å². The Balaban J connectivity index is 1.58. The lowest BCUT2D eigenvalue weighted by Gasteiger charge is -2.16. The third-order valence-electron chi connectivity index (χ3n) is 3.63. The van der Waals surface area contributed by atoms with Gasteiger partial charge in [0.25, 0.3) is 0 Å². The number of fused-ring (bicyclic) bond motifs is 1. The number of anilines is 1. The van der Waals surface area contributed by atoms with E-state index < -0.39 is 11.8 Å². The summed E-state index contributed by atoms with van der Waals surface area (Å²) in [6.07, 6.45) is 2.71. The summed E-state index contributed by atoms with van der Waals surface area (Å²) in [7, 11) is 0. The maximum atomic E-state index is 13.1. The van der Waals surface area contributed by atoms with Gasteiger partial charge in [-0.2, -0.15) is 4.99 Å². The van der Waals surface area contributed by atoms with E-state index in [-0.39, 0.29) is 22.6 Å². The van der Waals surface area contributed by atoms with Gasteiger partial charge in [0.2, 0.25) is 5.91 Å². The van der Waals surface area contributed by atoms with Crippen LogP contribution in [-0.4, -0.2) is 28.4 Å². The molecular formula is C15H13ClFN3O2S. The number of thioether (sulfide) groups is 1. The molecule has 3 amide bonds. The molecule has 1 aliphatic heterocycles. The van der Waals surface area contributed by atoms with Crippen molar-refractivity contribution in [2.45, 2.75) is 19.3 Å². The van der Waals surface area contributed by atoms with E-state index >= 15 is 0 Å². The second-order valence-electron chi connectivity index (χ2n) is 5.25. The Morgan fingerprint density at radius 1 is 1.43 bits per heavy atom. The summed E-state index contributed by atoms with van der Waals surface area (Å²) in [6.45, 7) is 0. The molecule has 0 saturated heterocycles. The minimum absolute atomic E-state index is 0.0514. The number of urea groups is 1. The normalized spacial score (nSPS) is 19.9. The lowest BCUT2D eigenvalue weighted by molar-refractivity contribution is -0.113. The molecule has 23 heavy (non-hydrogen) atoms. The second-order valence-corrected chi connectivity index (χ2v) is 6.65. The Labute approximate surface area is 141 Å². The fourth-order valence-corrected chi connectivity index (χ4v) is 3.72. The van der Waals surface area contributed by atoms with Crippen LogP contribution in [0, 0.1) is 11.7 Å². The molecule has 1 aliphatic carbocycles. The summed E-state index contributed by atoms with van der Waals surface area (Å²) in [6, 6.07) is 3.48. The van der Waals surface area contributed by atoms with Crippen LogP contribution in [0.15, 0.2) is 28.2 Å². The van der Waals surface area contributed by atoms with Crippen LogP contribution in [0.2, 0.25) is 5.02 Å². The fourth-order valence-electron chi connectivity index (χ4n) is 2.59. The van der Waals surface area contributed by atoms with Gasteiger partial charge >= 0.3 is 6.03 Å². The molecule has 0 aromatic heterocycles. The monoisotopic (exact) mass is 353 g/mol. The third-order valence-corrected chi connectivity index (χ3v) is 4.99. The summed E-state index contributed by atoms with van der Waals surface area (Å²) in [5.41, 5.74) is 1.30. The molecule has 1 fully saturated rings. The van der Waals surface area contributed by atoms with Gasteiger partial charge in [0.05, 0.1) is 15.8 Å². The van der Waals surface area contributed by atoms with Crippen LogP contribution >= 0.6 is 23.4 Å². The van der Waals surface area contributed by atoms with E-state index in [9.17, 15) is 14.0 Å². The molecule has 0 spiro atoms. The molecule has 0 bridgehead atoms. The highest BCUT2D eigenvalue weighted by Gasteiger charge is 2.32. The number of halogens is 2. The highest BCUT2D eigenvalue weighted by atomic mass is 35.5. The zero-order valence-electron chi connectivity index (χ0n) is 12.0. The minimum atomic E-state index is -0.540. The molecule has 1 N–H and O–H groups in total. The first-order chi connectivity index (χ1) is 11.0. The van der Waals surface area contributed by atoms with Gasteiger partial charge in [0.15, 0.2) is 0 Å². The van der Waals surface area contributed by atoms with Crippen molar-refractivity contribution in [1.29, 1.82) is 0 Å². The number of benzene rings is 1. The van der Waals surface area contributed by atoms with Crippen LogP contribution in [0.5, 0.6) is 0 Å². The highest BCUT2D eigenvalue weighted by molar-refractivity contribution is 8.14. The molecule has 1 heterocycles. The molecule has 5 nitrogen and oxygen atoms in total. The average molecular weight is 354 g/mol. The van der Waals surface area contributed by atoms with E-state index in [4.69, 9.17) is 11.6 Å². The smallest absolute Gasteiger partial charge is 0.325 e. The van der Waals surface area contributed by atoms with Crippen LogP contribution in [0.25, 0.3) is 0 Å². The Morgan fingerprint density at radius 3 is 3.04 bits per heavy atom. The van der Waals surface area contributed by atoms with Crippen molar-refractivity contribution in [2.24, 2.45) is 15.9 Å². The molecule has 3 rings (SSSR count). The quantitative estimate of drug-likeness (QED) is 0.895. The predicted molar refractivity (Wildman–Crippen MR) is 90.1 cm³/mol. The summed E-state index contributed by atoms with van der Waals surface area (Å²) < 4.78 is 13.1. The average Bonchev–Trinajstić information content (AvgIpc) is 2.97. The Hall–Kier alpha value is -1.73. The van der Waals surface area contributed by atoms with Crippen molar-refractivity contribution >= 4 is 51.7 Å². The van der Waals surface area contributed by atoms with Gasteiger partial charge in [-0.25, -0.2) is 14.2 Å². The largest absolute Gasteiger partial charge is 0.367 e. The van der Waals surface area contributed by atoms with E-state index in [1.54, 1.807) is 0 Å². The Kier molecular flexibility index (Phi) is 4.77. The maximum Gasteiger partial charge on any atom is 0.367 e. The van der Waals surface area contributed by atoms with Crippen molar-refractivity contribution in [2.75, 3.05) is 11.1 Å². The van der Waals surface area contributed by atoms with Crippen molar-refractivity contribution in [3.8, 4) is 0 Å². The van der Waals surface area contributed by atoms with Crippen LogP contribution in [0.3, 0.4) is 0 Å². The van der Waals surface area contributed by atoms with Gasteiger partial charge in [-0.1, -0.05) is 23.4 Å². The van der Waals surface area contributed by atoms with Crippen molar-refractivity contribution < 1.29 is 14.0 Å². The second kappa shape index (κ2) is 6.80. The third kappa shape index (κ3) is 3.79. The van der Waals surface area contributed by atoms with E-state index in [2.05, 4.69) is 15.3 Å². The van der Waals surface area contributed by atoms with E-state index in [1.165, 1.54) is 30.0 Å². The van der Waals surface area contributed by atoms with Gasteiger partial charge in [0.1, 0.15) is 5.82 Å². The SMILES string of the molecule is O=C1N=C2CCCC2C(SCC(=O)Nc2ccc(F)c(Cl)c2)=N1. The fraction of sp³-hybridized carbons (Fsp3) is 0.333. The van der Waals surface area contributed by atoms with Crippen molar-refractivity contribution in [3.05, 3.63) is 29.0 Å². The number of carbonyl (C=O) groups is 2.